The van der Waals surface area contributed by atoms with Crippen molar-refractivity contribution in [2.75, 3.05) is 20.1 Å². The minimum absolute atomic E-state index is 0.0563. The Morgan fingerprint density at radius 2 is 2.39 bits per heavy atom. The van der Waals surface area contributed by atoms with Crippen molar-refractivity contribution in [3.05, 3.63) is 16.1 Å². The number of aryl methyl sites for hydroxylation is 1. The smallest absolute Gasteiger partial charge is 0.221 e. The zero-order chi connectivity index (χ0) is 13.5. The fraction of sp³-hybridized carbons (Fsp3) is 0.667. The topological polar surface area (TPSA) is 71.2 Å². The van der Waals surface area contributed by atoms with E-state index in [2.05, 4.69) is 15.2 Å². The molecule has 0 spiro atoms. The number of aromatic nitrogens is 1. The molecule has 1 unspecified atom stereocenters. The van der Waals surface area contributed by atoms with E-state index in [1.165, 1.54) is 4.88 Å². The van der Waals surface area contributed by atoms with E-state index >= 15 is 0 Å². The molecule has 0 aliphatic rings. The van der Waals surface area contributed by atoms with Gasteiger partial charge in [0.1, 0.15) is 0 Å². The molecule has 1 amide bonds. The average Bonchev–Trinajstić information content (AvgIpc) is 2.72. The van der Waals surface area contributed by atoms with Crippen molar-refractivity contribution in [1.82, 2.24) is 15.2 Å². The normalized spacial score (nSPS) is 12.7. The molecule has 1 heterocycles. The lowest BCUT2D eigenvalue weighted by atomic mass is 10.1. The van der Waals surface area contributed by atoms with Gasteiger partial charge >= 0.3 is 0 Å². The molecule has 0 aliphatic carbocycles. The lowest BCUT2D eigenvalue weighted by molar-refractivity contribution is -0.122. The van der Waals surface area contributed by atoms with E-state index in [0.717, 1.165) is 12.2 Å². The maximum Gasteiger partial charge on any atom is 0.221 e. The Kier molecular flexibility index (Phi) is 6.24. The lowest BCUT2D eigenvalue weighted by Gasteiger charge is -2.26. The van der Waals surface area contributed by atoms with Gasteiger partial charge in [-0.15, -0.1) is 11.3 Å². The van der Waals surface area contributed by atoms with Crippen LogP contribution in [-0.2, 0) is 11.3 Å². The number of likely N-dealkylation sites (N-methyl/N-ethyl adjacent to an activating group) is 1. The molecule has 3 N–H and O–H groups in total. The van der Waals surface area contributed by atoms with Crippen molar-refractivity contribution in [2.24, 2.45) is 5.73 Å². The average molecular weight is 270 g/mol. The van der Waals surface area contributed by atoms with Crippen LogP contribution in [-0.4, -0.2) is 42.0 Å². The first-order valence-corrected chi connectivity index (χ1v) is 7.02. The van der Waals surface area contributed by atoms with Gasteiger partial charge in [-0.3, -0.25) is 9.69 Å². The lowest BCUT2D eigenvalue weighted by Crippen LogP contribution is -2.41. The molecule has 18 heavy (non-hydrogen) atoms. The fourth-order valence-electron chi connectivity index (χ4n) is 1.74. The van der Waals surface area contributed by atoms with Gasteiger partial charge in [-0.25, -0.2) is 4.98 Å². The highest BCUT2D eigenvalue weighted by atomic mass is 32.1. The first-order chi connectivity index (χ1) is 8.58. The SMILES string of the molecule is CCNC(=O)CC(CN)N(C)Cc1scnc1C. The highest BCUT2D eigenvalue weighted by molar-refractivity contribution is 7.09. The van der Waals surface area contributed by atoms with E-state index < -0.39 is 0 Å². The Bertz CT molecular complexity index is 380. The van der Waals surface area contributed by atoms with Crippen molar-refractivity contribution >= 4 is 17.2 Å². The van der Waals surface area contributed by atoms with Crippen molar-refractivity contribution < 1.29 is 4.79 Å². The maximum absolute atomic E-state index is 11.6. The number of nitrogens with zero attached hydrogens (tertiary/aromatic N) is 2. The summed E-state index contributed by atoms with van der Waals surface area (Å²) in [6.07, 6.45) is 0.443. The van der Waals surface area contributed by atoms with Gasteiger partial charge < -0.3 is 11.1 Å². The number of hydrogen-bond donors (Lipinski definition) is 2. The molecule has 1 aromatic rings. The Morgan fingerprint density at radius 1 is 1.67 bits per heavy atom. The van der Waals surface area contributed by atoms with Gasteiger partial charge in [0, 0.05) is 37.0 Å². The third kappa shape index (κ3) is 4.36. The first-order valence-electron chi connectivity index (χ1n) is 6.14. The van der Waals surface area contributed by atoms with Crippen LogP contribution in [0, 0.1) is 6.92 Å². The highest BCUT2D eigenvalue weighted by Crippen LogP contribution is 2.16. The largest absolute Gasteiger partial charge is 0.356 e. The Morgan fingerprint density at radius 3 is 2.89 bits per heavy atom. The molecular weight excluding hydrogens is 248 g/mol. The van der Waals surface area contributed by atoms with Crippen molar-refractivity contribution in [3.8, 4) is 0 Å². The zero-order valence-corrected chi connectivity index (χ0v) is 12.1. The van der Waals surface area contributed by atoms with Crippen LogP contribution in [0.1, 0.15) is 23.9 Å². The van der Waals surface area contributed by atoms with Crippen LogP contribution in [0.5, 0.6) is 0 Å². The fourth-order valence-corrected chi connectivity index (χ4v) is 2.58. The second-order valence-corrected chi connectivity index (χ2v) is 5.26. The molecule has 0 aliphatic heterocycles. The third-order valence-electron chi connectivity index (χ3n) is 2.93. The summed E-state index contributed by atoms with van der Waals surface area (Å²) >= 11 is 1.64. The van der Waals surface area contributed by atoms with Gasteiger partial charge in [-0.05, 0) is 20.9 Å². The van der Waals surface area contributed by atoms with Gasteiger partial charge in [0.25, 0.3) is 0 Å². The van der Waals surface area contributed by atoms with Crippen LogP contribution >= 0.6 is 11.3 Å². The molecule has 0 fully saturated rings. The highest BCUT2D eigenvalue weighted by Gasteiger charge is 2.18. The molecule has 102 valence electrons. The summed E-state index contributed by atoms with van der Waals surface area (Å²) in [5.41, 5.74) is 8.65. The molecule has 0 bridgehead atoms. The molecule has 6 heteroatoms. The summed E-state index contributed by atoms with van der Waals surface area (Å²) < 4.78 is 0. The molecule has 5 nitrogen and oxygen atoms in total. The van der Waals surface area contributed by atoms with Gasteiger partial charge in [0.05, 0.1) is 11.2 Å². The predicted octanol–water partition coefficient (Wildman–Crippen LogP) is 0.737. The number of thiazole rings is 1. The van der Waals surface area contributed by atoms with Crippen molar-refractivity contribution in [2.45, 2.75) is 32.9 Å². The van der Waals surface area contributed by atoms with Crippen LogP contribution in [0.3, 0.4) is 0 Å². The predicted molar refractivity (Wildman–Crippen MR) is 74.5 cm³/mol. The number of nitrogens with one attached hydrogen (secondary N) is 1. The van der Waals surface area contributed by atoms with E-state index in [4.69, 9.17) is 5.73 Å². The standard InChI is InChI=1S/C12H22N4OS/c1-4-14-12(17)5-10(6-13)16(3)7-11-9(2)15-8-18-11/h8,10H,4-7,13H2,1-3H3,(H,14,17). The Hall–Kier alpha value is -0.980. The van der Waals surface area contributed by atoms with Crippen LogP contribution in [0.2, 0.25) is 0 Å². The van der Waals surface area contributed by atoms with Gasteiger partial charge in [-0.2, -0.15) is 0 Å². The van der Waals surface area contributed by atoms with Crippen LogP contribution < -0.4 is 11.1 Å². The third-order valence-corrected chi connectivity index (χ3v) is 3.85. The van der Waals surface area contributed by atoms with Crippen molar-refractivity contribution in [3.63, 3.8) is 0 Å². The Labute approximate surface area is 112 Å². The Balaban J connectivity index is 2.54. The first kappa shape index (κ1) is 15.1. The number of hydrogen-bond acceptors (Lipinski definition) is 5. The minimum atomic E-state index is 0.0563. The summed E-state index contributed by atoms with van der Waals surface area (Å²) in [6, 6.07) is 0.0676. The second kappa shape index (κ2) is 7.45. The van der Waals surface area contributed by atoms with Crippen LogP contribution in [0.4, 0.5) is 0 Å². The van der Waals surface area contributed by atoms with Gasteiger partial charge in [0.2, 0.25) is 5.91 Å². The zero-order valence-electron chi connectivity index (χ0n) is 11.3. The summed E-state index contributed by atoms with van der Waals surface area (Å²) in [4.78, 5) is 19.2. The number of amides is 1. The molecule has 1 rings (SSSR count). The second-order valence-electron chi connectivity index (χ2n) is 4.32. The molecule has 0 aromatic carbocycles. The van der Waals surface area contributed by atoms with E-state index in [1.807, 2.05) is 26.4 Å². The maximum atomic E-state index is 11.6. The van der Waals surface area contributed by atoms with Gasteiger partial charge in [-0.1, -0.05) is 0 Å². The summed E-state index contributed by atoms with van der Waals surface area (Å²) in [5, 5.41) is 2.80. The van der Waals surface area contributed by atoms with Gasteiger partial charge in [0.15, 0.2) is 0 Å². The van der Waals surface area contributed by atoms with Crippen molar-refractivity contribution in [1.29, 1.82) is 0 Å². The quantitative estimate of drug-likeness (QED) is 0.766. The molecular formula is C12H22N4OS. The minimum Gasteiger partial charge on any atom is -0.356 e. The number of carbonyl (C=O) groups is 1. The van der Waals surface area contributed by atoms with E-state index in [0.29, 0.717) is 19.5 Å². The molecule has 0 saturated heterocycles. The monoisotopic (exact) mass is 270 g/mol. The van der Waals surface area contributed by atoms with E-state index in [-0.39, 0.29) is 11.9 Å². The number of rotatable bonds is 7. The summed E-state index contributed by atoms with van der Waals surface area (Å²) in [7, 11) is 2.00. The summed E-state index contributed by atoms with van der Waals surface area (Å²) in [5.74, 6) is 0.0563. The van der Waals surface area contributed by atoms with Crippen LogP contribution in [0.15, 0.2) is 5.51 Å². The number of carbonyl (C=O) groups excluding carboxylic acids is 1. The van der Waals surface area contributed by atoms with E-state index in [9.17, 15) is 4.79 Å². The molecule has 0 saturated carbocycles. The molecule has 1 atom stereocenters. The summed E-state index contributed by atoms with van der Waals surface area (Å²) in [6.45, 7) is 5.84. The van der Waals surface area contributed by atoms with E-state index in [1.54, 1.807) is 11.3 Å². The number of nitrogens with two attached hydrogens (primary N) is 1. The molecule has 0 radical (unpaired) electrons. The molecule has 1 aromatic heterocycles. The van der Waals surface area contributed by atoms with Crippen LogP contribution in [0.25, 0.3) is 0 Å².